The van der Waals surface area contributed by atoms with Crippen LogP contribution in [0.4, 0.5) is 0 Å². The minimum absolute atomic E-state index is 0.424. The molecule has 0 aliphatic rings. The first-order chi connectivity index (χ1) is 4.48. The highest BCUT2D eigenvalue weighted by atomic mass is 14.9. The summed E-state index contributed by atoms with van der Waals surface area (Å²) in [4.78, 5) is 0. The van der Waals surface area contributed by atoms with Gasteiger partial charge in [-0.15, -0.1) is 0 Å². The van der Waals surface area contributed by atoms with Gasteiger partial charge < -0.3 is 11.5 Å². The molecule has 0 rings (SSSR count). The van der Waals surface area contributed by atoms with Crippen molar-refractivity contribution in [3.05, 3.63) is 0 Å². The predicted octanol–water partition coefficient (Wildman–Crippen LogP) is 1.45. The number of nitrogens with two attached hydrogens (primary N) is 2. The van der Waals surface area contributed by atoms with Gasteiger partial charge in [0, 0.05) is 0 Å². The summed E-state index contributed by atoms with van der Waals surface area (Å²) in [6.45, 7) is 6.17. The van der Waals surface area contributed by atoms with Gasteiger partial charge in [0.15, 0.2) is 0 Å². The normalized spacial score (nSPS) is 15.3. The molecule has 62 valence electrons. The van der Waals surface area contributed by atoms with Crippen LogP contribution in [0, 0.1) is 5.92 Å². The van der Waals surface area contributed by atoms with Crippen molar-refractivity contribution >= 4 is 0 Å². The molecule has 4 N–H and O–H groups in total. The summed E-state index contributed by atoms with van der Waals surface area (Å²) in [7, 11) is 0. The van der Waals surface area contributed by atoms with Crippen LogP contribution in [0.25, 0.3) is 0 Å². The molecular weight excluding hydrogens is 124 g/mol. The van der Waals surface area contributed by atoms with E-state index in [2.05, 4.69) is 13.8 Å². The maximum absolute atomic E-state index is 5.70. The fourth-order valence-electron chi connectivity index (χ4n) is 0.821. The molecule has 1 atom stereocenters. The molecule has 0 aliphatic carbocycles. The summed E-state index contributed by atoms with van der Waals surface area (Å²) >= 11 is 0. The first-order valence-electron chi connectivity index (χ1n) is 4.06. The van der Waals surface area contributed by atoms with Crippen molar-refractivity contribution in [3.8, 4) is 0 Å². The Bertz CT molecular complexity index is 83.7. The molecule has 0 saturated carbocycles. The molecule has 0 fully saturated rings. The van der Waals surface area contributed by atoms with Gasteiger partial charge in [-0.1, -0.05) is 26.7 Å². The van der Waals surface area contributed by atoms with Gasteiger partial charge in [0.2, 0.25) is 0 Å². The quantitative estimate of drug-likeness (QED) is 0.587. The van der Waals surface area contributed by atoms with Crippen molar-refractivity contribution in [1.29, 1.82) is 0 Å². The Morgan fingerprint density at radius 2 is 1.90 bits per heavy atom. The summed E-state index contributed by atoms with van der Waals surface area (Å²) in [5, 5.41) is 0. The first kappa shape index (κ1) is 9.92. The second kappa shape index (κ2) is 3.94. The second-order valence-electron chi connectivity index (χ2n) is 3.41. The van der Waals surface area contributed by atoms with E-state index in [0.29, 0.717) is 5.92 Å². The van der Waals surface area contributed by atoms with E-state index in [1.54, 1.807) is 0 Å². The van der Waals surface area contributed by atoms with Crippen LogP contribution in [-0.2, 0) is 0 Å². The van der Waals surface area contributed by atoms with Crippen LogP contribution in [0.2, 0.25) is 0 Å². The molecule has 0 spiro atoms. The molecule has 0 aliphatic heterocycles. The Labute approximate surface area is 64.0 Å². The van der Waals surface area contributed by atoms with Gasteiger partial charge in [-0.2, -0.15) is 0 Å². The molecule has 0 heterocycles. The van der Waals surface area contributed by atoms with Crippen LogP contribution in [-0.4, -0.2) is 5.66 Å². The van der Waals surface area contributed by atoms with Crippen LogP contribution in [0.15, 0.2) is 0 Å². The molecule has 10 heavy (non-hydrogen) atoms. The lowest BCUT2D eigenvalue weighted by Gasteiger charge is -2.26. The molecule has 2 nitrogen and oxygen atoms in total. The zero-order valence-corrected chi connectivity index (χ0v) is 7.35. The molecule has 0 radical (unpaired) electrons. The molecular formula is C8H20N2. The van der Waals surface area contributed by atoms with E-state index in [1.165, 1.54) is 12.8 Å². The van der Waals surface area contributed by atoms with Crippen molar-refractivity contribution < 1.29 is 0 Å². The Morgan fingerprint density at radius 3 is 2.20 bits per heavy atom. The van der Waals surface area contributed by atoms with Gasteiger partial charge in [0.1, 0.15) is 0 Å². The lowest BCUT2D eigenvalue weighted by Crippen LogP contribution is -2.51. The Balaban J connectivity index is 3.52. The van der Waals surface area contributed by atoms with Gasteiger partial charge in [-0.05, 0) is 19.3 Å². The van der Waals surface area contributed by atoms with E-state index in [-0.39, 0.29) is 0 Å². The molecule has 0 aromatic carbocycles. The highest BCUT2D eigenvalue weighted by molar-refractivity contribution is 4.76. The zero-order chi connectivity index (χ0) is 8.20. The summed E-state index contributed by atoms with van der Waals surface area (Å²) < 4.78 is 0. The highest BCUT2D eigenvalue weighted by Gasteiger charge is 2.19. The van der Waals surface area contributed by atoms with Crippen molar-refractivity contribution in [2.45, 2.75) is 45.7 Å². The van der Waals surface area contributed by atoms with Crippen molar-refractivity contribution in [2.75, 3.05) is 0 Å². The van der Waals surface area contributed by atoms with Gasteiger partial charge in [0.25, 0.3) is 0 Å². The van der Waals surface area contributed by atoms with Gasteiger partial charge >= 0.3 is 0 Å². The predicted molar refractivity (Wildman–Crippen MR) is 45.5 cm³/mol. The topological polar surface area (TPSA) is 52.0 Å². The van der Waals surface area contributed by atoms with Crippen molar-refractivity contribution in [2.24, 2.45) is 17.4 Å². The fourth-order valence-corrected chi connectivity index (χ4v) is 0.821. The summed E-state index contributed by atoms with van der Waals surface area (Å²) in [6, 6.07) is 0. The second-order valence-corrected chi connectivity index (χ2v) is 3.41. The summed E-state index contributed by atoms with van der Waals surface area (Å²) in [5.74, 6) is 0.424. The largest absolute Gasteiger partial charge is 0.314 e. The van der Waals surface area contributed by atoms with E-state index < -0.39 is 5.66 Å². The summed E-state index contributed by atoms with van der Waals surface area (Å²) in [5.41, 5.74) is 10.9. The standard InChI is InChI=1S/C8H20N2/c1-4-5-6-7(2)8(3,9)10/h7H,4-6,9-10H2,1-3H3. The van der Waals surface area contributed by atoms with Gasteiger partial charge in [-0.25, -0.2) is 0 Å². The van der Waals surface area contributed by atoms with E-state index in [1.807, 2.05) is 6.92 Å². The average molecular weight is 144 g/mol. The highest BCUT2D eigenvalue weighted by Crippen LogP contribution is 2.14. The number of rotatable bonds is 4. The molecule has 0 aromatic rings. The monoisotopic (exact) mass is 144 g/mol. The maximum atomic E-state index is 5.70. The van der Waals surface area contributed by atoms with E-state index in [9.17, 15) is 0 Å². The van der Waals surface area contributed by atoms with Crippen LogP contribution >= 0.6 is 0 Å². The lowest BCUT2D eigenvalue weighted by molar-refractivity contribution is 0.303. The third-order valence-corrected chi connectivity index (χ3v) is 2.05. The van der Waals surface area contributed by atoms with Crippen LogP contribution in [0.5, 0.6) is 0 Å². The van der Waals surface area contributed by atoms with Gasteiger partial charge in [-0.3, -0.25) is 0 Å². The minimum atomic E-state index is -0.491. The molecule has 1 unspecified atom stereocenters. The lowest BCUT2D eigenvalue weighted by atomic mass is 9.93. The average Bonchev–Trinajstić information content (AvgIpc) is 1.80. The zero-order valence-electron chi connectivity index (χ0n) is 7.35. The van der Waals surface area contributed by atoms with E-state index >= 15 is 0 Å². The smallest absolute Gasteiger partial charge is 0.0633 e. The molecule has 0 bridgehead atoms. The fraction of sp³-hybridized carbons (Fsp3) is 1.00. The van der Waals surface area contributed by atoms with Crippen molar-refractivity contribution in [1.82, 2.24) is 0 Å². The Hall–Kier alpha value is -0.0800. The Kier molecular flexibility index (Phi) is 3.91. The van der Waals surface area contributed by atoms with E-state index in [4.69, 9.17) is 11.5 Å². The van der Waals surface area contributed by atoms with Gasteiger partial charge in [0.05, 0.1) is 5.66 Å². The van der Waals surface area contributed by atoms with Crippen LogP contribution < -0.4 is 11.5 Å². The number of unbranched alkanes of at least 4 members (excludes halogenated alkanes) is 1. The van der Waals surface area contributed by atoms with Crippen LogP contribution in [0.3, 0.4) is 0 Å². The number of hydrogen-bond acceptors (Lipinski definition) is 2. The third kappa shape index (κ3) is 3.85. The third-order valence-electron chi connectivity index (χ3n) is 2.05. The first-order valence-corrected chi connectivity index (χ1v) is 4.06. The molecule has 0 amide bonds. The minimum Gasteiger partial charge on any atom is -0.314 e. The molecule has 0 aromatic heterocycles. The molecule has 0 saturated heterocycles. The SMILES string of the molecule is CCCCC(C)C(C)(N)N. The number of hydrogen-bond donors (Lipinski definition) is 2. The van der Waals surface area contributed by atoms with Crippen molar-refractivity contribution in [3.63, 3.8) is 0 Å². The Morgan fingerprint density at radius 1 is 1.40 bits per heavy atom. The van der Waals surface area contributed by atoms with E-state index in [0.717, 1.165) is 6.42 Å². The van der Waals surface area contributed by atoms with Crippen LogP contribution in [0.1, 0.15) is 40.0 Å². The summed E-state index contributed by atoms with van der Waals surface area (Å²) in [6.07, 6.45) is 3.59. The maximum Gasteiger partial charge on any atom is 0.0633 e. The molecule has 2 heteroatoms.